The summed E-state index contributed by atoms with van der Waals surface area (Å²) < 4.78 is 12.8. The van der Waals surface area contributed by atoms with Gasteiger partial charge < -0.3 is 10.6 Å². The Kier molecular flexibility index (Phi) is 6.25. The van der Waals surface area contributed by atoms with E-state index < -0.39 is 0 Å². The van der Waals surface area contributed by atoms with E-state index in [1.165, 1.54) is 24.3 Å². The molecule has 0 radical (unpaired) electrons. The number of carbonyl (C=O) groups is 1. The molecule has 0 bridgehead atoms. The molecular weight excluding hydrogens is 267 g/mol. The summed E-state index contributed by atoms with van der Waals surface area (Å²) in [6.07, 6.45) is 2.29. The van der Waals surface area contributed by atoms with Crippen LogP contribution in [0.5, 0.6) is 0 Å². The predicted molar refractivity (Wildman–Crippen MR) is 76.2 cm³/mol. The summed E-state index contributed by atoms with van der Waals surface area (Å²) in [4.78, 5) is 12.0. The van der Waals surface area contributed by atoms with Crippen LogP contribution in [-0.4, -0.2) is 25.0 Å². The van der Waals surface area contributed by atoms with Crippen LogP contribution in [0, 0.1) is 11.7 Å². The van der Waals surface area contributed by atoms with Crippen molar-refractivity contribution in [1.82, 2.24) is 10.6 Å². The van der Waals surface area contributed by atoms with E-state index in [9.17, 15) is 9.18 Å². The Morgan fingerprint density at radius 2 is 2.11 bits per heavy atom. The molecule has 2 atom stereocenters. The van der Waals surface area contributed by atoms with Crippen molar-refractivity contribution in [2.75, 3.05) is 13.1 Å². The Morgan fingerprint density at radius 3 is 2.68 bits per heavy atom. The smallest absolute Gasteiger partial charge is 0.251 e. The molecule has 1 aromatic carbocycles. The number of hydrogen-bond donors (Lipinski definition) is 2. The van der Waals surface area contributed by atoms with Gasteiger partial charge in [-0.25, -0.2) is 4.39 Å². The first-order chi connectivity index (χ1) is 8.66. The van der Waals surface area contributed by atoms with Crippen molar-refractivity contribution < 1.29 is 9.18 Å². The highest BCUT2D eigenvalue weighted by atomic mass is 35.5. The van der Waals surface area contributed by atoms with Gasteiger partial charge in [0.25, 0.3) is 5.91 Å². The second-order valence-corrected chi connectivity index (χ2v) is 4.88. The molecule has 1 aromatic rings. The van der Waals surface area contributed by atoms with E-state index in [4.69, 9.17) is 0 Å². The second-order valence-electron chi connectivity index (χ2n) is 4.88. The highest BCUT2D eigenvalue weighted by molar-refractivity contribution is 5.94. The Morgan fingerprint density at radius 1 is 1.42 bits per heavy atom. The van der Waals surface area contributed by atoms with Crippen molar-refractivity contribution in [2.45, 2.75) is 25.8 Å². The predicted octanol–water partition coefficient (Wildman–Crippen LogP) is 2.37. The topological polar surface area (TPSA) is 41.1 Å². The van der Waals surface area contributed by atoms with Crippen LogP contribution < -0.4 is 10.6 Å². The molecule has 1 heterocycles. The van der Waals surface area contributed by atoms with Gasteiger partial charge >= 0.3 is 0 Å². The van der Waals surface area contributed by atoms with Crippen LogP contribution >= 0.6 is 12.4 Å². The number of piperidine rings is 1. The van der Waals surface area contributed by atoms with Gasteiger partial charge in [0, 0.05) is 11.6 Å². The highest BCUT2D eigenvalue weighted by Gasteiger charge is 2.21. The third kappa shape index (κ3) is 4.48. The normalized spacial score (nSPS) is 20.2. The number of hydrogen-bond acceptors (Lipinski definition) is 2. The van der Waals surface area contributed by atoms with Gasteiger partial charge in [-0.1, -0.05) is 0 Å². The monoisotopic (exact) mass is 286 g/mol. The average Bonchev–Trinajstić information content (AvgIpc) is 2.40. The second kappa shape index (κ2) is 7.46. The van der Waals surface area contributed by atoms with E-state index in [1.807, 2.05) is 6.92 Å². The molecule has 1 aliphatic rings. The maximum atomic E-state index is 12.8. The van der Waals surface area contributed by atoms with Crippen molar-refractivity contribution in [1.29, 1.82) is 0 Å². The van der Waals surface area contributed by atoms with Crippen LogP contribution in [0.25, 0.3) is 0 Å². The van der Waals surface area contributed by atoms with Crippen LogP contribution in [-0.2, 0) is 0 Å². The summed E-state index contributed by atoms with van der Waals surface area (Å²) >= 11 is 0. The van der Waals surface area contributed by atoms with E-state index >= 15 is 0 Å². The van der Waals surface area contributed by atoms with Gasteiger partial charge in [0.2, 0.25) is 0 Å². The molecule has 0 aliphatic carbocycles. The van der Waals surface area contributed by atoms with Gasteiger partial charge in [0.1, 0.15) is 5.82 Å². The standard InChI is InChI=1S/C14H19FN2O.ClH/c1-10(12-3-2-8-16-9-12)17-14(18)11-4-6-13(15)7-5-11;/h4-7,10,12,16H,2-3,8-9H2,1H3,(H,17,18);1H. The molecule has 106 valence electrons. The molecule has 0 spiro atoms. The molecule has 1 saturated heterocycles. The lowest BCUT2D eigenvalue weighted by Gasteiger charge is -2.28. The lowest BCUT2D eigenvalue weighted by Crippen LogP contribution is -2.44. The molecule has 0 aromatic heterocycles. The molecule has 1 amide bonds. The van der Waals surface area contributed by atoms with Crippen LogP contribution in [0.3, 0.4) is 0 Å². The van der Waals surface area contributed by atoms with E-state index in [1.54, 1.807) is 0 Å². The molecule has 0 saturated carbocycles. The maximum Gasteiger partial charge on any atom is 0.251 e. The fraction of sp³-hybridized carbons (Fsp3) is 0.500. The van der Waals surface area contributed by atoms with Crippen molar-refractivity contribution >= 4 is 18.3 Å². The SMILES string of the molecule is CC(NC(=O)c1ccc(F)cc1)C1CCCNC1.Cl. The quantitative estimate of drug-likeness (QED) is 0.896. The number of benzene rings is 1. The maximum absolute atomic E-state index is 12.8. The lowest BCUT2D eigenvalue weighted by atomic mass is 9.92. The summed E-state index contributed by atoms with van der Waals surface area (Å²) in [5.74, 6) is 0.0206. The van der Waals surface area contributed by atoms with E-state index in [-0.39, 0.29) is 30.2 Å². The minimum atomic E-state index is -0.323. The molecule has 2 N–H and O–H groups in total. The zero-order chi connectivity index (χ0) is 13.0. The van der Waals surface area contributed by atoms with Gasteiger partial charge in [-0.3, -0.25) is 4.79 Å². The molecule has 2 unspecified atom stereocenters. The summed E-state index contributed by atoms with van der Waals surface area (Å²) in [6.45, 7) is 4.04. The van der Waals surface area contributed by atoms with Gasteiger partial charge in [-0.2, -0.15) is 0 Å². The summed E-state index contributed by atoms with van der Waals surface area (Å²) in [6, 6.07) is 5.77. The molecule has 1 aliphatic heterocycles. The first kappa shape index (κ1) is 15.9. The van der Waals surface area contributed by atoms with Gasteiger partial charge in [-0.05, 0) is 63.0 Å². The van der Waals surface area contributed by atoms with Gasteiger partial charge in [0.05, 0.1) is 0 Å². The number of carbonyl (C=O) groups excluding carboxylic acids is 1. The number of nitrogens with one attached hydrogen (secondary N) is 2. The molecule has 3 nitrogen and oxygen atoms in total. The lowest BCUT2D eigenvalue weighted by molar-refractivity contribution is 0.0922. The number of amides is 1. The Bertz CT molecular complexity index is 404. The van der Waals surface area contributed by atoms with Crippen molar-refractivity contribution in [3.8, 4) is 0 Å². The third-order valence-corrected chi connectivity index (χ3v) is 3.51. The van der Waals surface area contributed by atoms with E-state index in [2.05, 4.69) is 10.6 Å². The molecule has 19 heavy (non-hydrogen) atoms. The molecule has 2 rings (SSSR count). The zero-order valence-electron chi connectivity index (χ0n) is 11.0. The minimum Gasteiger partial charge on any atom is -0.349 e. The summed E-state index contributed by atoms with van der Waals surface area (Å²) in [7, 11) is 0. The van der Waals surface area contributed by atoms with Crippen LogP contribution in [0.4, 0.5) is 4.39 Å². The fourth-order valence-corrected chi connectivity index (χ4v) is 2.31. The average molecular weight is 287 g/mol. The summed E-state index contributed by atoms with van der Waals surface area (Å²) in [5.41, 5.74) is 0.506. The summed E-state index contributed by atoms with van der Waals surface area (Å²) in [5, 5.41) is 6.32. The van der Waals surface area contributed by atoms with Crippen molar-refractivity contribution in [3.63, 3.8) is 0 Å². The van der Waals surface area contributed by atoms with Crippen molar-refractivity contribution in [3.05, 3.63) is 35.6 Å². The van der Waals surface area contributed by atoms with Gasteiger partial charge in [-0.15, -0.1) is 12.4 Å². The first-order valence-electron chi connectivity index (χ1n) is 6.44. The molecule has 5 heteroatoms. The van der Waals surface area contributed by atoms with Crippen LogP contribution in [0.2, 0.25) is 0 Å². The number of halogens is 2. The number of rotatable bonds is 3. The van der Waals surface area contributed by atoms with E-state index in [0.29, 0.717) is 11.5 Å². The van der Waals surface area contributed by atoms with E-state index in [0.717, 1.165) is 25.9 Å². The van der Waals surface area contributed by atoms with Crippen molar-refractivity contribution in [2.24, 2.45) is 5.92 Å². The minimum absolute atomic E-state index is 0. The Balaban J connectivity index is 0.00000180. The third-order valence-electron chi connectivity index (χ3n) is 3.51. The zero-order valence-corrected chi connectivity index (χ0v) is 11.8. The Hall–Kier alpha value is -1.13. The van der Waals surface area contributed by atoms with Crippen LogP contribution in [0.1, 0.15) is 30.1 Å². The van der Waals surface area contributed by atoms with Gasteiger partial charge in [0.15, 0.2) is 0 Å². The highest BCUT2D eigenvalue weighted by Crippen LogP contribution is 2.14. The fourth-order valence-electron chi connectivity index (χ4n) is 2.31. The molecule has 1 fully saturated rings. The molecular formula is C14H20ClFN2O. The van der Waals surface area contributed by atoms with Crippen LogP contribution in [0.15, 0.2) is 24.3 Å². The Labute approximate surface area is 119 Å². The largest absolute Gasteiger partial charge is 0.349 e. The first-order valence-corrected chi connectivity index (χ1v) is 6.44.